The summed E-state index contributed by atoms with van der Waals surface area (Å²) in [5, 5.41) is 0.462. The molecule has 1 saturated heterocycles. The summed E-state index contributed by atoms with van der Waals surface area (Å²) in [6, 6.07) is 0. The second kappa shape index (κ2) is 6.02. The van der Waals surface area contributed by atoms with Crippen LogP contribution >= 0.6 is 0 Å². The number of nitrogens with zero attached hydrogens (tertiary/aromatic N) is 1. The van der Waals surface area contributed by atoms with Crippen LogP contribution in [0.4, 0.5) is 0 Å². The average Bonchev–Trinajstić information content (AvgIpc) is 2.58. The summed E-state index contributed by atoms with van der Waals surface area (Å²) in [6.07, 6.45) is -0.187. The number of ether oxygens (including phenoxy) is 1. The zero-order valence-corrected chi connectivity index (χ0v) is 12.1. The maximum Gasteiger partial charge on any atom is 0.334 e. The molecule has 0 aromatic heterocycles. The molecule has 1 heterocycles. The standard InChI is InChI=1S/C13H19NO6/c1-8(12(18)19-13(2,3)4)7-11(17)20-14-9(15)5-6-10(14)16/h8H,5-7H2,1-4H3/t8-/m0/s1. The first-order valence-electron chi connectivity index (χ1n) is 6.39. The summed E-state index contributed by atoms with van der Waals surface area (Å²) < 4.78 is 5.12. The number of hydroxylamine groups is 2. The smallest absolute Gasteiger partial charge is 0.334 e. The molecule has 0 aromatic rings. The van der Waals surface area contributed by atoms with Gasteiger partial charge in [-0.1, -0.05) is 6.92 Å². The maximum atomic E-state index is 11.7. The van der Waals surface area contributed by atoms with E-state index >= 15 is 0 Å². The zero-order chi connectivity index (χ0) is 15.5. The first kappa shape index (κ1) is 16.1. The zero-order valence-electron chi connectivity index (χ0n) is 12.1. The van der Waals surface area contributed by atoms with Crippen LogP contribution in [0.15, 0.2) is 0 Å². The molecule has 1 atom stereocenters. The number of rotatable bonds is 4. The molecular weight excluding hydrogens is 266 g/mol. The van der Waals surface area contributed by atoms with Crippen LogP contribution in [0.25, 0.3) is 0 Å². The molecule has 1 aliphatic heterocycles. The Balaban J connectivity index is 2.48. The van der Waals surface area contributed by atoms with Crippen molar-refractivity contribution < 1.29 is 28.8 Å². The first-order chi connectivity index (χ1) is 9.10. The number of amides is 2. The van der Waals surface area contributed by atoms with E-state index in [4.69, 9.17) is 4.74 Å². The van der Waals surface area contributed by atoms with Crippen LogP contribution < -0.4 is 0 Å². The van der Waals surface area contributed by atoms with Gasteiger partial charge in [0.05, 0.1) is 12.3 Å². The van der Waals surface area contributed by atoms with Crippen molar-refractivity contribution in [2.45, 2.75) is 52.6 Å². The fraction of sp³-hybridized carbons (Fsp3) is 0.692. The van der Waals surface area contributed by atoms with Crippen LogP contribution in [0.5, 0.6) is 0 Å². The Labute approximate surface area is 117 Å². The van der Waals surface area contributed by atoms with Gasteiger partial charge in [0.2, 0.25) is 0 Å². The number of imide groups is 1. The Morgan fingerprint density at radius 1 is 1.20 bits per heavy atom. The Kier molecular flexibility index (Phi) is 4.86. The van der Waals surface area contributed by atoms with E-state index in [0.29, 0.717) is 5.06 Å². The Bertz CT molecular complexity index is 421. The molecule has 0 unspecified atom stereocenters. The Morgan fingerprint density at radius 2 is 1.70 bits per heavy atom. The van der Waals surface area contributed by atoms with Crippen LogP contribution in [0.1, 0.15) is 47.0 Å². The second-order valence-corrected chi connectivity index (χ2v) is 5.68. The van der Waals surface area contributed by atoms with Gasteiger partial charge in [0.15, 0.2) is 0 Å². The summed E-state index contributed by atoms with van der Waals surface area (Å²) in [5.74, 6) is -3.16. The van der Waals surface area contributed by atoms with Crippen molar-refractivity contribution >= 4 is 23.8 Å². The van der Waals surface area contributed by atoms with Gasteiger partial charge >= 0.3 is 11.9 Å². The lowest BCUT2D eigenvalue weighted by Gasteiger charge is -2.22. The minimum Gasteiger partial charge on any atom is -0.460 e. The van der Waals surface area contributed by atoms with Crippen LogP contribution in [-0.4, -0.2) is 34.4 Å². The second-order valence-electron chi connectivity index (χ2n) is 5.68. The average molecular weight is 285 g/mol. The molecular formula is C13H19NO6. The minimum atomic E-state index is -0.813. The monoisotopic (exact) mass is 285 g/mol. The van der Waals surface area contributed by atoms with Gasteiger partial charge in [-0.25, -0.2) is 4.79 Å². The van der Waals surface area contributed by atoms with Crippen molar-refractivity contribution in [3.8, 4) is 0 Å². The largest absolute Gasteiger partial charge is 0.460 e. The molecule has 7 nitrogen and oxygen atoms in total. The van der Waals surface area contributed by atoms with E-state index in [-0.39, 0.29) is 19.3 Å². The molecule has 20 heavy (non-hydrogen) atoms. The molecule has 0 N–H and O–H groups in total. The lowest BCUT2D eigenvalue weighted by atomic mass is 10.1. The highest BCUT2D eigenvalue weighted by atomic mass is 16.7. The molecule has 0 radical (unpaired) electrons. The topological polar surface area (TPSA) is 90.0 Å². The van der Waals surface area contributed by atoms with Crippen molar-refractivity contribution in [3.63, 3.8) is 0 Å². The Hall–Kier alpha value is -1.92. The molecule has 0 aliphatic carbocycles. The third kappa shape index (κ3) is 4.64. The van der Waals surface area contributed by atoms with Gasteiger partial charge in [-0.3, -0.25) is 14.4 Å². The van der Waals surface area contributed by atoms with E-state index in [2.05, 4.69) is 4.84 Å². The molecule has 0 spiro atoms. The fourth-order valence-corrected chi connectivity index (χ4v) is 1.53. The van der Waals surface area contributed by atoms with Gasteiger partial charge < -0.3 is 9.57 Å². The third-order valence-electron chi connectivity index (χ3n) is 2.48. The highest BCUT2D eigenvalue weighted by molar-refractivity contribution is 6.01. The predicted molar refractivity (Wildman–Crippen MR) is 66.8 cm³/mol. The summed E-state index contributed by atoms with van der Waals surface area (Å²) in [5.41, 5.74) is -0.643. The number of carbonyl (C=O) groups excluding carboxylic acids is 4. The first-order valence-corrected chi connectivity index (χ1v) is 6.39. The lowest BCUT2D eigenvalue weighted by Crippen LogP contribution is -2.34. The molecule has 1 aliphatic rings. The highest BCUT2D eigenvalue weighted by Crippen LogP contribution is 2.16. The van der Waals surface area contributed by atoms with E-state index < -0.39 is 35.3 Å². The molecule has 1 rings (SSSR count). The third-order valence-corrected chi connectivity index (χ3v) is 2.48. The Morgan fingerprint density at radius 3 is 2.15 bits per heavy atom. The maximum absolute atomic E-state index is 11.7. The van der Waals surface area contributed by atoms with Crippen LogP contribution in [0.3, 0.4) is 0 Å². The van der Waals surface area contributed by atoms with Gasteiger partial charge in [-0.05, 0) is 20.8 Å². The van der Waals surface area contributed by atoms with Crippen LogP contribution in [-0.2, 0) is 28.8 Å². The molecule has 7 heteroatoms. The number of esters is 1. The van der Waals surface area contributed by atoms with E-state index in [9.17, 15) is 19.2 Å². The summed E-state index contributed by atoms with van der Waals surface area (Å²) >= 11 is 0. The molecule has 2 amide bonds. The number of carbonyl (C=O) groups is 4. The number of hydrogen-bond acceptors (Lipinski definition) is 6. The highest BCUT2D eigenvalue weighted by Gasteiger charge is 2.34. The number of hydrogen-bond donors (Lipinski definition) is 0. The van der Waals surface area contributed by atoms with Crippen molar-refractivity contribution in [1.82, 2.24) is 5.06 Å². The predicted octanol–water partition coefficient (Wildman–Crippen LogP) is 0.961. The molecule has 0 saturated carbocycles. The lowest BCUT2D eigenvalue weighted by molar-refractivity contribution is -0.198. The fourth-order valence-electron chi connectivity index (χ4n) is 1.53. The van der Waals surface area contributed by atoms with Gasteiger partial charge in [0, 0.05) is 12.8 Å². The molecule has 1 fully saturated rings. The quantitative estimate of drug-likeness (QED) is 0.564. The van der Waals surface area contributed by atoms with Gasteiger partial charge in [-0.2, -0.15) is 0 Å². The SMILES string of the molecule is C[C@@H](CC(=O)ON1C(=O)CCC1=O)C(=O)OC(C)(C)C. The van der Waals surface area contributed by atoms with E-state index in [1.165, 1.54) is 6.92 Å². The van der Waals surface area contributed by atoms with E-state index in [0.717, 1.165) is 0 Å². The van der Waals surface area contributed by atoms with Crippen molar-refractivity contribution in [1.29, 1.82) is 0 Å². The summed E-state index contributed by atoms with van der Waals surface area (Å²) in [7, 11) is 0. The van der Waals surface area contributed by atoms with Crippen LogP contribution in [0.2, 0.25) is 0 Å². The van der Waals surface area contributed by atoms with Gasteiger partial charge in [0.1, 0.15) is 5.60 Å². The van der Waals surface area contributed by atoms with Gasteiger partial charge in [-0.15, -0.1) is 5.06 Å². The normalized spacial score (nSPS) is 17.1. The molecule has 0 aromatic carbocycles. The van der Waals surface area contributed by atoms with Crippen molar-refractivity contribution in [3.05, 3.63) is 0 Å². The van der Waals surface area contributed by atoms with Crippen molar-refractivity contribution in [2.75, 3.05) is 0 Å². The minimum absolute atomic E-state index is 0.0354. The van der Waals surface area contributed by atoms with Crippen LogP contribution in [0, 0.1) is 5.92 Å². The van der Waals surface area contributed by atoms with Gasteiger partial charge in [0.25, 0.3) is 11.8 Å². The van der Waals surface area contributed by atoms with E-state index in [1.807, 2.05) is 0 Å². The van der Waals surface area contributed by atoms with E-state index in [1.54, 1.807) is 20.8 Å². The molecule has 0 bridgehead atoms. The summed E-state index contributed by atoms with van der Waals surface area (Å²) in [4.78, 5) is 50.5. The molecule has 112 valence electrons. The summed E-state index contributed by atoms with van der Waals surface area (Å²) in [6.45, 7) is 6.68. The van der Waals surface area contributed by atoms with Crippen molar-refractivity contribution in [2.24, 2.45) is 5.92 Å².